The van der Waals surface area contributed by atoms with Gasteiger partial charge >= 0.3 is 12.3 Å². The molecule has 0 amide bonds. The average molecular weight is 280 g/mol. The molecule has 0 aromatic carbocycles. The van der Waals surface area contributed by atoms with E-state index in [4.69, 9.17) is 5.73 Å². The van der Waals surface area contributed by atoms with Gasteiger partial charge in [-0.05, 0) is 6.92 Å². The monoisotopic (exact) mass is 280 g/mol. The number of halogens is 3. The molecule has 0 spiro atoms. The van der Waals surface area contributed by atoms with Crippen molar-refractivity contribution in [3.63, 3.8) is 0 Å². The second kappa shape index (κ2) is 5.74. The molecule has 0 bridgehead atoms. The summed E-state index contributed by atoms with van der Waals surface area (Å²) in [6.07, 6.45) is -4.97. The third kappa shape index (κ3) is 3.98. The Morgan fingerprint density at radius 1 is 1.53 bits per heavy atom. The fourth-order valence-electron chi connectivity index (χ4n) is 1.24. The number of aromatic hydroxyl groups is 1. The molecular weight excluding hydrogens is 269 g/mol. The molecule has 0 aliphatic rings. The van der Waals surface area contributed by atoms with Gasteiger partial charge in [-0.3, -0.25) is 0 Å². The molecule has 9 heteroatoms. The van der Waals surface area contributed by atoms with Crippen molar-refractivity contribution in [1.29, 1.82) is 0 Å². The number of aromatic nitrogens is 1. The maximum absolute atomic E-state index is 12.1. The van der Waals surface area contributed by atoms with Gasteiger partial charge in [-0.1, -0.05) is 0 Å². The second-order valence-corrected chi connectivity index (χ2v) is 3.28. The normalized spacial score (nSPS) is 11.2. The third-order valence-corrected chi connectivity index (χ3v) is 1.95. The van der Waals surface area contributed by atoms with Crippen LogP contribution in [-0.4, -0.2) is 29.0 Å². The topological polar surface area (TPSA) is 94.7 Å². The lowest BCUT2D eigenvalue weighted by Crippen LogP contribution is -2.19. The Bertz CT molecular complexity index is 477. The highest BCUT2D eigenvalue weighted by Crippen LogP contribution is 2.29. The molecule has 3 N–H and O–H groups in total. The number of pyridine rings is 1. The number of nitrogens with zero attached hydrogens (tertiary/aromatic N) is 1. The van der Waals surface area contributed by atoms with Crippen LogP contribution in [0.3, 0.4) is 0 Å². The van der Waals surface area contributed by atoms with Gasteiger partial charge in [0.2, 0.25) is 5.88 Å². The summed E-state index contributed by atoms with van der Waals surface area (Å²) in [5.41, 5.74) is 4.42. The number of alkyl halides is 3. The molecule has 0 atom stereocenters. The molecule has 0 saturated heterocycles. The summed E-state index contributed by atoms with van der Waals surface area (Å²) in [7, 11) is 0. The molecule has 1 rings (SSSR count). The molecule has 1 aromatic rings. The van der Waals surface area contributed by atoms with Crippen LogP contribution in [0.2, 0.25) is 0 Å². The molecule has 0 aliphatic heterocycles. The first kappa shape index (κ1) is 15.0. The van der Waals surface area contributed by atoms with Crippen LogP contribution in [0.1, 0.15) is 23.0 Å². The zero-order valence-electron chi connectivity index (χ0n) is 9.82. The lowest BCUT2D eigenvalue weighted by molar-refractivity contribution is -0.276. The number of carbonyl (C=O) groups is 1. The first-order valence-electron chi connectivity index (χ1n) is 5.14. The predicted molar refractivity (Wildman–Crippen MR) is 56.4 cm³/mol. The van der Waals surface area contributed by atoms with Gasteiger partial charge in [0.25, 0.3) is 0 Å². The van der Waals surface area contributed by atoms with Crippen LogP contribution in [0, 0.1) is 0 Å². The van der Waals surface area contributed by atoms with Crippen LogP contribution >= 0.6 is 0 Å². The van der Waals surface area contributed by atoms with Gasteiger partial charge in [0.1, 0.15) is 11.3 Å². The Morgan fingerprint density at radius 3 is 2.63 bits per heavy atom. The first-order chi connectivity index (χ1) is 8.78. The van der Waals surface area contributed by atoms with Gasteiger partial charge in [0.15, 0.2) is 5.75 Å². The van der Waals surface area contributed by atoms with Crippen molar-refractivity contribution in [2.45, 2.75) is 19.8 Å². The molecule has 1 heterocycles. The molecule has 0 saturated carbocycles. The summed E-state index contributed by atoms with van der Waals surface area (Å²) >= 11 is 0. The fourth-order valence-corrected chi connectivity index (χ4v) is 1.24. The van der Waals surface area contributed by atoms with E-state index in [0.29, 0.717) is 6.07 Å². The number of esters is 1. The number of hydrogen-bond acceptors (Lipinski definition) is 6. The standard InChI is InChI=1S/C10H11F3N2O4/c1-2-18-9(17)5-3-7(19-10(11,12)13)15-6(4-14)8(5)16/h3,16H,2,4,14H2,1H3. The van der Waals surface area contributed by atoms with E-state index in [1.165, 1.54) is 6.92 Å². The second-order valence-electron chi connectivity index (χ2n) is 3.28. The molecule has 0 aliphatic carbocycles. The van der Waals surface area contributed by atoms with Crippen LogP contribution in [0.4, 0.5) is 13.2 Å². The largest absolute Gasteiger partial charge is 0.574 e. The van der Waals surface area contributed by atoms with Crippen LogP contribution in [0.5, 0.6) is 11.6 Å². The van der Waals surface area contributed by atoms with Crippen molar-refractivity contribution >= 4 is 5.97 Å². The van der Waals surface area contributed by atoms with Gasteiger partial charge in [-0.15, -0.1) is 13.2 Å². The Kier molecular flexibility index (Phi) is 4.54. The van der Waals surface area contributed by atoms with Crippen LogP contribution < -0.4 is 10.5 Å². The number of carbonyl (C=O) groups excluding carboxylic acids is 1. The summed E-state index contributed by atoms with van der Waals surface area (Å²) in [6, 6.07) is 0.639. The number of ether oxygens (including phenoxy) is 2. The quantitative estimate of drug-likeness (QED) is 0.808. The Hall–Kier alpha value is -2.03. The van der Waals surface area contributed by atoms with Crippen LogP contribution in [0.25, 0.3) is 0 Å². The average Bonchev–Trinajstić information content (AvgIpc) is 2.29. The number of hydrogen-bond donors (Lipinski definition) is 2. The molecule has 19 heavy (non-hydrogen) atoms. The molecular formula is C10H11F3N2O4. The van der Waals surface area contributed by atoms with Gasteiger partial charge < -0.3 is 20.3 Å². The van der Waals surface area contributed by atoms with Gasteiger partial charge in [0.05, 0.1) is 6.61 Å². The van der Waals surface area contributed by atoms with Crippen molar-refractivity contribution in [3.8, 4) is 11.6 Å². The van der Waals surface area contributed by atoms with Crippen molar-refractivity contribution in [3.05, 3.63) is 17.3 Å². The van der Waals surface area contributed by atoms with Gasteiger partial charge in [-0.2, -0.15) is 0 Å². The number of nitrogens with two attached hydrogens (primary N) is 1. The van der Waals surface area contributed by atoms with E-state index in [0.717, 1.165) is 0 Å². The van der Waals surface area contributed by atoms with E-state index in [9.17, 15) is 23.1 Å². The van der Waals surface area contributed by atoms with Crippen molar-refractivity contribution in [1.82, 2.24) is 4.98 Å². The van der Waals surface area contributed by atoms with Crippen molar-refractivity contribution in [2.24, 2.45) is 5.73 Å². The van der Waals surface area contributed by atoms with E-state index < -0.39 is 29.5 Å². The molecule has 0 fully saturated rings. The van der Waals surface area contributed by atoms with E-state index in [1.807, 2.05) is 0 Å². The lowest BCUT2D eigenvalue weighted by atomic mass is 10.2. The van der Waals surface area contributed by atoms with E-state index >= 15 is 0 Å². The zero-order chi connectivity index (χ0) is 14.6. The Morgan fingerprint density at radius 2 is 2.16 bits per heavy atom. The minimum absolute atomic E-state index is 0.00594. The minimum Gasteiger partial charge on any atom is -0.505 e. The maximum Gasteiger partial charge on any atom is 0.574 e. The zero-order valence-corrected chi connectivity index (χ0v) is 9.82. The van der Waals surface area contributed by atoms with E-state index in [2.05, 4.69) is 14.5 Å². The molecule has 0 unspecified atom stereocenters. The summed E-state index contributed by atoms with van der Waals surface area (Å²) in [5, 5.41) is 9.63. The minimum atomic E-state index is -4.97. The molecule has 1 aromatic heterocycles. The van der Waals surface area contributed by atoms with Crippen LogP contribution in [-0.2, 0) is 11.3 Å². The highest BCUT2D eigenvalue weighted by atomic mass is 19.4. The highest BCUT2D eigenvalue weighted by Gasteiger charge is 2.33. The van der Waals surface area contributed by atoms with Crippen molar-refractivity contribution in [2.75, 3.05) is 6.61 Å². The smallest absolute Gasteiger partial charge is 0.505 e. The van der Waals surface area contributed by atoms with Gasteiger partial charge in [-0.25, -0.2) is 9.78 Å². The van der Waals surface area contributed by atoms with Gasteiger partial charge in [0, 0.05) is 12.6 Å². The SMILES string of the molecule is CCOC(=O)c1cc(OC(F)(F)F)nc(CN)c1O. The first-order valence-corrected chi connectivity index (χ1v) is 5.14. The highest BCUT2D eigenvalue weighted by molar-refractivity contribution is 5.93. The Balaban J connectivity index is 3.22. The summed E-state index contributed by atoms with van der Waals surface area (Å²) < 4.78 is 44.4. The van der Waals surface area contributed by atoms with Crippen LogP contribution in [0.15, 0.2) is 6.07 Å². The lowest BCUT2D eigenvalue weighted by Gasteiger charge is -2.12. The number of rotatable bonds is 4. The fraction of sp³-hybridized carbons (Fsp3) is 0.400. The summed E-state index contributed by atoms with van der Waals surface area (Å²) in [6.45, 7) is 1.13. The molecule has 6 nitrogen and oxygen atoms in total. The molecule has 106 valence electrons. The summed E-state index contributed by atoms with van der Waals surface area (Å²) in [4.78, 5) is 14.8. The maximum atomic E-state index is 12.1. The Labute approximate surface area is 105 Å². The van der Waals surface area contributed by atoms with E-state index in [-0.39, 0.29) is 18.8 Å². The van der Waals surface area contributed by atoms with E-state index in [1.54, 1.807) is 0 Å². The third-order valence-electron chi connectivity index (χ3n) is 1.95. The molecule has 0 radical (unpaired) electrons. The predicted octanol–water partition coefficient (Wildman–Crippen LogP) is 1.32. The summed E-state index contributed by atoms with van der Waals surface area (Å²) in [5.74, 6) is -2.52. The van der Waals surface area contributed by atoms with Crippen molar-refractivity contribution < 1.29 is 32.5 Å².